The van der Waals surface area contributed by atoms with Crippen molar-refractivity contribution in [3.8, 4) is 11.3 Å². The summed E-state index contributed by atoms with van der Waals surface area (Å²) in [5.41, 5.74) is 3.61. The lowest BCUT2D eigenvalue weighted by Crippen LogP contribution is -2.31. The van der Waals surface area contributed by atoms with Gasteiger partial charge in [0.1, 0.15) is 0 Å². The number of amides is 1. The molecule has 0 spiro atoms. The molecule has 1 amide bonds. The van der Waals surface area contributed by atoms with Crippen LogP contribution in [0, 0.1) is 0 Å². The number of hydrogen-bond acceptors (Lipinski definition) is 5. The van der Waals surface area contributed by atoms with Crippen LogP contribution in [0.1, 0.15) is 31.4 Å². The largest absolute Gasteiger partial charge is 0.378 e. The van der Waals surface area contributed by atoms with Crippen molar-refractivity contribution in [3.05, 3.63) is 48.5 Å². The van der Waals surface area contributed by atoms with E-state index < -0.39 is 0 Å². The lowest BCUT2D eigenvalue weighted by molar-refractivity contribution is -0.124. The number of aromatic nitrogens is 4. The van der Waals surface area contributed by atoms with Crippen molar-refractivity contribution >= 4 is 11.6 Å². The van der Waals surface area contributed by atoms with Gasteiger partial charge in [-0.2, -0.15) is 5.10 Å². The number of pyridine rings is 1. The first kappa shape index (κ1) is 17.6. The molecule has 140 valence electrons. The van der Waals surface area contributed by atoms with Crippen molar-refractivity contribution in [2.45, 2.75) is 38.2 Å². The average Bonchev–Trinajstić information content (AvgIpc) is 3.11. The summed E-state index contributed by atoms with van der Waals surface area (Å²) in [5.74, 6) is 0.0452. The maximum Gasteiger partial charge on any atom is 0.222 e. The summed E-state index contributed by atoms with van der Waals surface area (Å²) in [6, 6.07) is 7.76. The standard InChI is InChI=1S/C20H23N5O2/c26-20(14-17-3-1-2-12-27-17)22-10-6-16-13-19-23-18(7-11-25(19)24-16)15-4-8-21-9-5-15/h4-5,7-9,11,13,17H,1-3,6,10,12,14H2,(H,22,26)/t17-/m0/s1. The van der Waals surface area contributed by atoms with Gasteiger partial charge in [0.15, 0.2) is 5.65 Å². The summed E-state index contributed by atoms with van der Waals surface area (Å²) < 4.78 is 7.37. The van der Waals surface area contributed by atoms with Crippen LogP contribution in [0.5, 0.6) is 0 Å². The third kappa shape index (κ3) is 4.49. The molecule has 1 N–H and O–H groups in total. The highest BCUT2D eigenvalue weighted by Crippen LogP contribution is 2.17. The molecular weight excluding hydrogens is 342 g/mol. The number of hydrogen-bond donors (Lipinski definition) is 1. The van der Waals surface area contributed by atoms with E-state index in [1.54, 1.807) is 16.9 Å². The minimum atomic E-state index is 0.0452. The quantitative estimate of drug-likeness (QED) is 0.725. The molecule has 3 aromatic rings. The molecule has 1 aliphatic heterocycles. The Bertz CT molecular complexity index is 903. The van der Waals surface area contributed by atoms with Gasteiger partial charge in [-0.05, 0) is 37.5 Å². The molecule has 0 saturated carbocycles. The lowest BCUT2D eigenvalue weighted by atomic mass is 10.1. The van der Waals surface area contributed by atoms with Crippen LogP contribution in [0.15, 0.2) is 42.9 Å². The molecular formula is C20H23N5O2. The van der Waals surface area contributed by atoms with Crippen molar-refractivity contribution in [2.75, 3.05) is 13.2 Å². The average molecular weight is 365 g/mol. The van der Waals surface area contributed by atoms with Crippen molar-refractivity contribution in [2.24, 2.45) is 0 Å². The molecule has 4 rings (SSSR count). The second-order valence-corrected chi connectivity index (χ2v) is 6.78. The second-order valence-electron chi connectivity index (χ2n) is 6.78. The summed E-state index contributed by atoms with van der Waals surface area (Å²) in [6.45, 7) is 1.33. The van der Waals surface area contributed by atoms with Crippen LogP contribution in [0.25, 0.3) is 16.9 Å². The highest BCUT2D eigenvalue weighted by atomic mass is 16.5. The van der Waals surface area contributed by atoms with E-state index in [0.29, 0.717) is 19.4 Å². The molecule has 0 bridgehead atoms. The Hall–Kier alpha value is -2.80. The van der Waals surface area contributed by atoms with Crippen LogP contribution in [0.3, 0.4) is 0 Å². The fraction of sp³-hybridized carbons (Fsp3) is 0.400. The SMILES string of the molecule is O=C(C[C@@H]1CCCCO1)NCCc1cc2nc(-c3ccncc3)ccn2n1. The summed E-state index contributed by atoms with van der Waals surface area (Å²) in [7, 11) is 0. The molecule has 0 unspecified atom stereocenters. The Kier molecular flexibility index (Phi) is 5.39. The summed E-state index contributed by atoms with van der Waals surface area (Å²) in [4.78, 5) is 20.7. The number of ether oxygens (including phenoxy) is 1. The Balaban J connectivity index is 1.33. The maximum absolute atomic E-state index is 12.0. The van der Waals surface area contributed by atoms with Crippen molar-refractivity contribution in [1.29, 1.82) is 0 Å². The molecule has 1 fully saturated rings. The highest BCUT2D eigenvalue weighted by molar-refractivity contribution is 5.76. The smallest absolute Gasteiger partial charge is 0.222 e. The van der Waals surface area contributed by atoms with Crippen LogP contribution < -0.4 is 5.32 Å². The van der Waals surface area contributed by atoms with Gasteiger partial charge < -0.3 is 10.1 Å². The van der Waals surface area contributed by atoms with E-state index in [0.717, 1.165) is 48.5 Å². The van der Waals surface area contributed by atoms with E-state index in [4.69, 9.17) is 4.74 Å². The highest BCUT2D eigenvalue weighted by Gasteiger charge is 2.17. The van der Waals surface area contributed by atoms with E-state index in [1.807, 2.05) is 30.5 Å². The summed E-state index contributed by atoms with van der Waals surface area (Å²) >= 11 is 0. The van der Waals surface area contributed by atoms with Gasteiger partial charge in [0, 0.05) is 49.8 Å². The van der Waals surface area contributed by atoms with Crippen LogP contribution in [0.4, 0.5) is 0 Å². The van der Waals surface area contributed by atoms with Gasteiger partial charge >= 0.3 is 0 Å². The number of nitrogens with zero attached hydrogens (tertiary/aromatic N) is 4. The van der Waals surface area contributed by atoms with Gasteiger partial charge in [0.05, 0.1) is 23.9 Å². The van der Waals surface area contributed by atoms with Crippen molar-refractivity contribution < 1.29 is 9.53 Å². The minimum absolute atomic E-state index is 0.0452. The molecule has 27 heavy (non-hydrogen) atoms. The van der Waals surface area contributed by atoms with E-state index >= 15 is 0 Å². The predicted octanol–water partition coefficient (Wildman–Crippen LogP) is 2.41. The third-order valence-electron chi connectivity index (χ3n) is 4.74. The van der Waals surface area contributed by atoms with Gasteiger partial charge in [-0.25, -0.2) is 9.50 Å². The van der Waals surface area contributed by atoms with Crippen molar-refractivity contribution in [3.63, 3.8) is 0 Å². The summed E-state index contributed by atoms with van der Waals surface area (Å²) in [6.07, 6.45) is 9.83. The van der Waals surface area contributed by atoms with Gasteiger partial charge in [0.25, 0.3) is 0 Å². The molecule has 0 radical (unpaired) electrons. The fourth-order valence-corrected chi connectivity index (χ4v) is 3.31. The molecule has 7 nitrogen and oxygen atoms in total. The first-order chi connectivity index (χ1) is 13.3. The van der Waals surface area contributed by atoms with Crippen LogP contribution in [-0.2, 0) is 16.0 Å². The topological polar surface area (TPSA) is 81.4 Å². The normalized spacial score (nSPS) is 17.1. The Morgan fingerprint density at radius 1 is 1.26 bits per heavy atom. The zero-order valence-electron chi connectivity index (χ0n) is 15.2. The molecule has 1 aliphatic rings. The number of carbonyl (C=O) groups is 1. The van der Waals surface area contributed by atoms with Gasteiger partial charge in [-0.15, -0.1) is 0 Å². The lowest BCUT2D eigenvalue weighted by Gasteiger charge is -2.21. The monoisotopic (exact) mass is 365 g/mol. The molecule has 7 heteroatoms. The number of nitrogens with one attached hydrogen (secondary N) is 1. The van der Waals surface area contributed by atoms with Gasteiger partial charge in [0.2, 0.25) is 5.91 Å². The molecule has 0 aliphatic carbocycles. The van der Waals surface area contributed by atoms with E-state index in [9.17, 15) is 4.79 Å². The van der Waals surface area contributed by atoms with Gasteiger partial charge in [-0.3, -0.25) is 9.78 Å². The Labute approximate surface area is 157 Å². The number of rotatable bonds is 6. The maximum atomic E-state index is 12.0. The first-order valence-electron chi connectivity index (χ1n) is 9.42. The zero-order chi connectivity index (χ0) is 18.5. The van der Waals surface area contributed by atoms with Crippen molar-refractivity contribution in [1.82, 2.24) is 24.9 Å². The van der Waals surface area contributed by atoms with E-state index in [-0.39, 0.29) is 12.0 Å². The van der Waals surface area contributed by atoms with Gasteiger partial charge in [-0.1, -0.05) is 0 Å². The van der Waals surface area contributed by atoms with Crippen LogP contribution >= 0.6 is 0 Å². The van der Waals surface area contributed by atoms with E-state index in [1.165, 1.54) is 0 Å². The fourth-order valence-electron chi connectivity index (χ4n) is 3.31. The molecule has 4 heterocycles. The number of carbonyl (C=O) groups excluding carboxylic acids is 1. The minimum Gasteiger partial charge on any atom is -0.378 e. The first-order valence-corrected chi connectivity index (χ1v) is 9.42. The molecule has 0 aromatic carbocycles. The van der Waals surface area contributed by atoms with Crippen LogP contribution in [-0.4, -0.2) is 44.7 Å². The summed E-state index contributed by atoms with van der Waals surface area (Å²) in [5, 5.41) is 7.49. The van der Waals surface area contributed by atoms with Crippen LogP contribution in [0.2, 0.25) is 0 Å². The van der Waals surface area contributed by atoms with E-state index in [2.05, 4.69) is 20.4 Å². The predicted molar refractivity (Wildman–Crippen MR) is 101 cm³/mol. The Morgan fingerprint density at radius 2 is 2.15 bits per heavy atom. The molecule has 1 atom stereocenters. The molecule has 3 aromatic heterocycles. The Morgan fingerprint density at radius 3 is 2.96 bits per heavy atom. The second kappa shape index (κ2) is 8.26. The zero-order valence-corrected chi connectivity index (χ0v) is 15.2. The number of fused-ring (bicyclic) bond motifs is 1. The molecule has 1 saturated heterocycles. The third-order valence-corrected chi connectivity index (χ3v) is 4.74.